The topological polar surface area (TPSA) is 32.3 Å². The lowest BCUT2D eigenvalue weighted by atomic mass is 9.98. The summed E-state index contributed by atoms with van der Waals surface area (Å²) < 4.78 is 14.0. The van der Waals surface area contributed by atoms with Gasteiger partial charge in [-0.15, -0.1) is 0 Å². The molecule has 0 aromatic heterocycles. The number of benzene rings is 1. The molecule has 2 saturated heterocycles. The fourth-order valence-corrected chi connectivity index (χ4v) is 3.48. The van der Waals surface area contributed by atoms with Crippen molar-refractivity contribution in [2.24, 2.45) is 0 Å². The van der Waals surface area contributed by atoms with E-state index in [1.165, 1.54) is 12.8 Å². The van der Waals surface area contributed by atoms with Crippen molar-refractivity contribution in [1.29, 1.82) is 0 Å². The summed E-state index contributed by atoms with van der Waals surface area (Å²) in [6.07, 6.45) is 4.60. The molecule has 4 heteroatoms. The summed E-state index contributed by atoms with van der Waals surface area (Å²) in [5.74, 6) is -0.674. The molecule has 108 valence electrons. The van der Waals surface area contributed by atoms with Gasteiger partial charge in [0.05, 0.1) is 5.56 Å². The van der Waals surface area contributed by atoms with E-state index >= 15 is 0 Å². The standard InChI is InChI=1S/C16H21FN2O/c1-11-5-4-6-12(15(11)17)16(20)18-13-8-10-19-9-3-2-7-14(13)19/h4-6,13-14H,2-3,7-10H2,1H3,(H,18,20). The Morgan fingerprint density at radius 2 is 2.15 bits per heavy atom. The molecule has 0 radical (unpaired) electrons. The molecular weight excluding hydrogens is 255 g/mol. The molecule has 2 heterocycles. The average Bonchev–Trinajstić information content (AvgIpc) is 2.85. The quantitative estimate of drug-likeness (QED) is 0.900. The Morgan fingerprint density at radius 3 is 3.00 bits per heavy atom. The van der Waals surface area contributed by atoms with Crippen LogP contribution in [0.5, 0.6) is 0 Å². The highest BCUT2D eigenvalue weighted by molar-refractivity contribution is 5.94. The van der Waals surface area contributed by atoms with Crippen LogP contribution in [0.25, 0.3) is 0 Å². The molecule has 2 fully saturated rings. The van der Waals surface area contributed by atoms with Crippen LogP contribution in [-0.2, 0) is 0 Å². The molecule has 1 aromatic rings. The first-order valence-electron chi connectivity index (χ1n) is 7.47. The third-order valence-corrected chi connectivity index (χ3v) is 4.61. The SMILES string of the molecule is Cc1cccc(C(=O)NC2CCN3CCCCC23)c1F. The molecule has 1 N–H and O–H groups in total. The Hall–Kier alpha value is -1.42. The van der Waals surface area contributed by atoms with Gasteiger partial charge in [-0.2, -0.15) is 0 Å². The zero-order chi connectivity index (χ0) is 14.1. The summed E-state index contributed by atoms with van der Waals surface area (Å²) in [7, 11) is 0. The molecule has 0 spiro atoms. The lowest BCUT2D eigenvalue weighted by Gasteiger charge is -2.32. The maximum absolute atomic E-state index is 14.0. The van der Waals surface area contributed by atoms with E-state index in [0.29, 0.717) is 11.6 Å². The highest BCUT2D eigenvalue weighted by atomic mass is 19.1. The van der Waals surface area contributed by atoms with Gasteiger partial charge in [-0.25, -0.2) is 4.39 Å². The maximum Gasteiger partial charge on any atom is 0.254 e. The van der Waals surface area contributed by atoms with Crippen LogP contribution in [0.1, 0.15) is 41.6 Å². The second-order valence-electron chi connectivity index (χ2n) is 5.90. The van der Waals surface area contributed by atoms with Gasteiger partial charge in [-0.05, 0) is 44.4 Å². The number of nitrogens with one attached hydrogen (secondary N) is 1. The van der Waals surface area contributed by atoms with Crippen molar-refractivity contribution in [2.75, 3.05) is 13.1 Å². The Labute approximate surface area is 119 Å². The van der Waals surface area contributed by atoms with Gasteiger partial charge < -0.3 is 5.32 Å². The fourth-order valence-electron chi connectivity index (χ4n) is 3.48. The molecular formula is C16H21FN2O. The second kappa shape index (κ2) is 5.52. The number of amides is 1. The smallest absolute Gasteiger partial charge is 0.254 e. The molecule has 2 aliphatic heterocycles. The molecule has 2 unspecified atom stereocenters. The largest absolute Gasteiger partial charge is 0.348 e. The van der Waals surface area contributed by atoms with E-state index in [9.17, 15) is 9.18 Å². The molecule has 20 heavy (non-hydrogen) atoms. The molecule has 0 bridgehead atoms. The monoisotopic (exact) mass is 276 g/mol. The number of hydrogen-bond acceptors (Lipinski definition) is 2. The number of piperidine rings is 1. The first kappa shape index (κ1) is 13.6. The average molecular weight is 276 g/mol. The highest BCUT2D eigenvalue weighted by Crippen LogP contribution is 2.27. The number of aryl methyl sites for hydroxylation is 1. The van der Waals surface area contributed by atoms with Gasteiger partial charge in [-0.3, -0.25) is 9.69 Å². The van der Waals surface area contributed by atoms with E-state index in [2.05, 4.69) is 10.2 Å². The van der Waals surface area contributed by atoms with Crippen molar-refractivity contribution >= 4 is 5.91 Å². The van der Waals surface area contributed by atoms with Crippen LogP contribution >= 0.6 is 0 Å². The van der Waals surface area contributed by atoms with E-state index < -0.39 is 5.82 Å². The Balaban J connectivity index is 1.71. The van der Waals surface area contributed by atoms with Gasteiger partial charge >= 0.3 is 0 Å². The van der Waals surface area contributed by atoms with Crippen molar-refractivity contribution < 1.29 is 9.18 Å². The number of hydrogen-bond donors (Lipinski definition) is 1. The van der Waals surface area contributed by atoms with Gasteiger partial charge in [0.15, 0.2) is 0 Å². The van der Waals surface area contributed by atoms with E-state index in [1.807, 2.05) is 0 Å². The lowest BCUT2D eigenvalue weighted by molar-refractivity contribution is 0.0911. The first-order valence-corrected chi connectivity index (χ1v) is 7.47. The molecule has 2 atom stereocenters. The van der Waals surface area contributed by atoms with Crippen LogP contribution in [0.15, 0.2) is 18.2 Å². The molecule has 2 aliphatic rings. The molecule has 3 rings (SSSR count). The number of carbonyl (C=O) groups is 1. The Kier molecular flexibility index (Phi) is 3.74. The number of nitrogens with zero attached hydrogens (tertiary/aromatic N) is 1. The third-order valence-electron chi connectivity index (χ3n) is 4.61. The summed E-state index contributed by atoms with van der Waals surface area (Å²) in [5, 5.41) is 3.04. The van der Waals surface area contributed by atoms with Gasteiger partial charge in [-0.1, -0.05) is 18.6 Å². The summed E-state index contributed by atoms with van der Waals surface area (Å²) in [6.45, 7) is 3.87. The highest BCUT2D eigenvalue weighted by Gasteiger charge is 2.36. The van der Waals surface area contributed by atoms with E-state index in [4.69, 9.17) is 0 Å². The molecule has 0 aliphatic carbocycles. The summed E-state index contributed by atoms with van der Waals surface area (Å²) in [6, 6.07) is 5.59. The third kappa shape index (κ3) is 2.44. The summed E-state index contributed by atoms with van der Waals surface area (Å²) in [4.78, 5) is 14.7. The number of rotatable bonds is 2. The summed E-state index contributed by atoms with van der Waals surface area (Å²) >= 11 is 0. The minimum absolute atomic E-state index is 0.166. The second-order valence-corrected chi connectivity index (χ2v) is 5.90. The maximum atomic E-state index is 14.0. The number of fused-ring (bicyclic) bond motifs is 1. The molecule has 1 aromatic carbocycles. The van der Waals surface area contributed by atoms with Crippen molar-refractivity contribution in [1.82, 2.24) is 10.2 Å². The van der Waals surface area contributed by atoms with Crippen molar-refractivity contribution in [3.63, 3.8) is 0 Å². The predicted octanol–water partition coefficient (Wildman–Crippen LogP) is 2.49. The van der Waals surface area contributed by atoms with Gasteiger partial charge in [0.25, 0.3) is 5.91 Å². The lowest BCUT2D eigenvalue weighted by Crippen LogP contribution is -2.46. The van der Waals surface area contributed by atoms with Gasteiger partial charge in [0.1, 0.15) is 5.82 Å². The predicted molar refractivity (Wildman–Crippen MR) is 76.2 cm³/mol. The minimum atomic E-state index is -0.400. The number of carbonyl (C=O) groups excluding carboxylic acids is 1. The van der Waals surface area contributed by atoms with Gasteiger partial charge in [0.2, 0.25) is 0 Å². The van der Waals surface area contributed by atoms with Crippen LogP contribution in [0.4, 0.5) is 4.39 Å². The normalized spacial score (nSPS) is 26.3. The Morgan fingerprint density at radius 1 is 1.30 bits per heavy atom. The zero-order valence-electron chi connectivity index (χ0n) is 11.9. The van der Waals surface area contributed by atoms with Crippen LogP contribution in [-0.4, -0.2) is 36.0 Å². The van der Waals surface area contributed by atoms with Crippen LogP contribution in [0, 0.1) is 12.7 Å². The zero-order valence-corrected chi connectivity index (χ0v) is 11.9. The van der Waals surface area contributed by atoms with Crippen LogP contribution in [0.2, 0.25) is 0 Å². The summed E-state index contributed by atoms with van der Waals surface area (Å²) in [5.41, 5.74) is 0.683. The van der Waals surface area contributed by atoms with E-state index in [1.54, 1.807) is 25.1 Å². The van der Waals surface area contributed by atoms with Crippen molar-refractivity contribution in [3.8, 4) is 0 Å². The molecule has 1 amide bonds. The van der Waals surface area contributed by atoms with E-state index in [-0.39, 0.29) is 17.5 Å². The first-order chi connectivity index (χ1) is 9.66. The molecule has 3 nitrogen and oxygen atoms in total. The van der Waals surface area contributed by atoms with Crippen molar-refractivity contribution in [2.45, 2.75) is 44.7 Å². The fraction of sp³-hybridized carbons (Fsp3) is 0.562. The van der Waals surface area contributed by atoms with Crippen molar-refractivity contribution in [3.05, 3.63) is 35.1 Å². The number of halogens is 1. The van der Waals surface area contributed by atoms with Crippen LogP contribution in [0.3, 0.4) is 0 Å². The molecule has 0 saturated carbocycles. The Bertz CT molecular complexity index is 517. The van der Waals surface area contributed by atoms with Crippen LogP contribution < -0.4 is 5.32 Å². The van der Waals surface area contributed by atoms with Gasteiger partial charge in [0, 0.05) is 18.6 Å². The minimum Gasteiger partial charge on any atom is -0.348 e. The van der Waals surface area contributed by atoms with E-state index in [0.717, 1.165) is 25.9 Å².